The molecular weight excluding hydrogens is 386 g/mol. The minimum atomic E-state index is -0.0890. The first kappa shape index (κ1) is 18.8. The van der Waals surface area contributed by atoms with E-state index in [-0.39, 0.29) is 11.3 Å². The lowest BCUT2D eigenvalue weighted by atomic mass is 9.85. The van der Waals surface area contributed by atoms with Crippen LogP contribution < -0.4 is 5.32 Å². The molecule has 1 N–H and O–H groups in total. The molecule has 0 aliphatic heterocycles. The third-order valence-corrected chi connectivity index (χ3v) is 4.41. The van der Waals surface area contributed by atoms with E-state index >= 15 is 0 Å². The van der Waals surface area contributed by atoms with Crippen LogP contribution in [0.15, 0.2) is 59.1 Å². The van der Waals surface area contributed by atoms with Gasteiger partial charge in [0.1, 0.15) is 0 Å². The summed E-state index contributed by atoms with van der Waals surface area (Å²) in [5.41, 5.74) is 2.19. The number of carbonyl (C=O) groups excluding carboxylic acids is 1. The van der Waals surface area contributed by atoms with Crippen LogP contribution >= 0.6 is 27.5 Å². The highest BCUT2D eigenvalue weighted by Crippen LogP contribution is 2.22. The molecule has 0 fully saturated rings. The van der Waals surface area contributed by atoms with Crippen molar-refractivity contribution < 1.29 is 4.79 Å². The number of amides is 1. The van der Waals surface area contributed by atoms with Crippen LogP contribution in [0.3, 0.4) is 0 Å². The van der Waals surface area contributed by atoms with Crippen molar-refractivity contribution in [2.75, 3.05) is 6.54 Å². The average molecular weight is 407 g/mol. The Kier molecular flexibility index (Phi) is 6.64. The summed E-state index contributed by atoms with van der Waals surface area (Å²) < 4.78 is 1.07. The zero-order valence-electron chi connectivity index (χ0n) is 13.9. The van der Waals surface area contributed by atoms with Crippen molar-refractivity contribution in [3.63, 3.8) is 0 Å². The van der Waals surface area contributed by atoms with Gasteiger partial charge in [-0.3, -0.25) is 4.79 Å². The minimum absolute atomic E-state index is 0.0163. The zero-order chi connectivity index (χ0) is 17.6. The Hall–Kier alpha value is -1.58. The molecule has 4 heteroatoms. The summed E-state index contributed by atoms with van der Waals surface area (Å²) in [5.74, 6) is -0.0890. The van der Waals surface area contributed by atoms with Gasteiger partial charge in [0.2, 0.25) is 5.91 Å². The maximum atomic E-state index is 12.0. The van der Waals surface area contributed by atoms with Crippen molar-refractivity contribution >= 4 is 39.5 Å². The lowest BCUT2D eigenvalue weighted by molar-refractivity contribution is -0.116. The van der Waals surface area contributed by atoms with Gasteiger partial charge in [-0.1, -0.05) is 65.6 Å². The molecule has 2 nitrogen and oxygen atoms in total. The molecule has 2 rings (SSSR count). The van der Waals surface area contributed by atoms with Crippen molar-refractivity contribution in [1.29, 1.82) is 0 Å². The summed E-state index contributed by atoms with van der Waals surface area (Å²) >= 11 is 9.29. The molecule has 126 valence electrons. The molecule has 0 radical (unpaired) electrons. The van der Waals surface area contributed by atoms with Gasteiger partial charge in [0, 0.05) is 22.1 Å². The number of carbonyl (C=O) groups is 1. The van der Waals surface area contributed by atoms with Gasteiger partial charge in [0.05, 0.1) is 0 Å². The lowest BCUT2D eigenvalue weighted by Crippen LogP contribution is -2.34. The van der Waals surface area contributed by atoms with Crippen LogP contribution in [0, 0.1) is 5.41 Å². The highest BCUT2D eigenvalue weighted by atomic mass is 79.9. The molecule has 0 unspecified atom stereocenters. The second-order valence-electron chi connectivity index (χ2n) is 6.57. The van der Waals surface area contributed by atoms with Gasteiger partial charge in [-0.2, -0.15) is 0 Å². The molecule has 0 saturated carbocycles. The monoisotopic (exact) mass is 405 g/mol. The van der Waals surface area contributed by atoms with Gasteiger partial charge >= 0.3 is 0 Å². The van der Waals surface area contributed by atoms with E-state index in [2.05, 4.69) is 47.2 Å². The fourth-order valence-corrected chi connectivity index (χ4v) is 2.74. The molecule has 24 heavy (non-hydrogen) atoms. The summed E-state index contributed by atoms with van der Waals surface area (Å²) in [6.07, 6.45) is 4.24. The van der Waals surface area contributed by atoms with Crippen LogP contribution in [0.4, 0.5) is 0 Å². The van der Waals surface area contributed by atoms with E-state index in [1.54, 1.807) is 24.3 Å². The van der Waals surface area contributed by atoms with E-state index < -0.39 is 0 Å². The van der Waals surface area contributed by atoms with Crippen molar-refractivity contribution in [3.8, 4) is 0 Å². The predicted molar refractivity (Wildman–Crippen MR) is 105 cm³/mol. The second kappa shape index (κ2) is 8.50. The molecule has 1 amide bonds. The largest absolute Gasteiger partial charge is 0.352 e. The Balaban J connectivity index is 1.85. The Labute approximate surface area is 157 Å². The molecule has 0 heterocycles. The predicted octanol–water partition coefficient (Wildman–Crippen LogP) is 5.50. The molecule has 0 bridgehead atoms. The van der Waals surface area contributed by atoms with Gasteiger partial charge in [-0.15, -0.1) is 0 Å². The normalized spacial score (nSPS) is 11.7. The van der Waals surface area contributed by atoms with Gasteiger partial charge in [-0.05, 0) is 53.3 Å². The standard InChI is InChI=1S/C20H21BrClNO/c1-20(2,13-16-3-8-17(21)9-4-16)14-23-19(24)12-7-15-5-10-18(22)11-6-15/h3-12H,13-14H2,1-2H3,(H,23,24)/b12-7+. The molecule has 0 aromatic heterocycles. The molecule has 2 aromatic carbocycles. The third-order valence-electron chi connectivity index (χ3n) is 3.63. The van der Waals surface area contributed by atoms with Crippen molar-refractivity contribution in [3.05, 3.63) is 75.2 Å². The van der Waals surface area contributed by atoms with E-state index in [0.29, 0.717) is 11.6 Å². The SMILES string of the molecule is CC(C)(CNC(=O)/C=C/c1ccc(Cl)cc1)Cc1ccc(Br)cc1. The summed E-state index contributed by atoms with van der Waals surface area (Å²) in [6, 6.07) is 15.7. The van der Waals surface area contributed by atoms with Crippen molar-refractivity contribution in [2.24, 2.45) is 5.41 Å². The number of hydrogen-bond donors (Lipinski definition) is 1. The topological polar surface area (TPSA) is 29.1 Å². The fraction of sp³-hybridized carbons (Fsp3) is 0.250. The van der Waals surface area contributed by atoms with Crippen LogP contribution in [0.5, 0.6) is 0 Å². The number of nitrogens with one attached hydrogen (secondary N) is 1. The number of hydrogen-bond acceptors (Lipinski definition) is 1. The smallest absolute Gasteiger partial charge is 0.244 e. The van der Waals surface area contributed by atoms with Gasteiger partial charge in [-0.25, -0.2) is 0 Å². The van der Waals surface area contributed by atoms with Crippen molar-refractivity contribution in [1.82, 2.24) is 5.32 Å². The van der Waals surface area contributed by atoms with Crippen LogP contribution in [0.1, 0.15) is 25.0 Å². The van der Waals surface area contributed by atoms with E-state index in [0.717, 1.165) is 16.5 Å². The quantitative estimate of drug-likeness (QED) is 0.630. The van der Waals surface area contributed by atoms with Crippen LogP contribution in [-0.4, -0.2) is 12.5 Å². The summed E-state index contributed by atoms with van der Waals surface area (Å²) in [4.78, 5) is 12.0. The first-order valence-corrected chi connectivity index (χ1v) is 8.97. The first-order valence-electron chi connectivity index (χ1n) is 7.80. The molecule has 0 saturated heterocycles. The van der Waals surface area contributed by atoms with Gasteiger partial charge in [0.15, 0.2) is 0 Å². The van der Waals surface area contributed by atoms with Gasteiger partial charge in [0.25, 0.3) is 0 Å². The minimum Gasteiger partial charge on any atom is -0.352 e. The number of halogens is 2. The summed E-state index contributed by atoms with van der Waals surface area (Å²) in [6.45, 7) is 4.92. The fourth-order valence-electron chi connectivity index (χ4n) is 2.35. The maximum Gasteiger partial charge on any atom is 0.244 e. The number of benzene rings is 2. The summed E-state index contributed by atoms with van der Waals surface area (Å²) in [5, 5.41) is 3.66. The van der Waals surface area contributed by atoms with Crippen LogP contribution in [0.2, 0.25) is 5.02 Å². The molecule has 0 aliphatic rings. The third kappa shape index (κ3) is 6.50. The van der Waals surface area contributed by atoms with E-state index in [1.165, 1.54) is 5.56 Å². The lowest BCUT2D eigenvalue weighted by Gasteiger charge is -2.25. The highest BCUT2D eigenvalue weighted by Gasteiger charge is 2.19. The molecule has 0 atom stereocenters. The average Bonchev–Trinajstić information content (AvgIpc) is 2.54. The second-order valence-corrected chi connectivity index (χ2v) is 7.92. The van der Waals surface area contributed by atoms with Gasteiger partial charge < -0.3 is 5.32 Å². The van der Waals surface area contributed by atoms with Crippen LogP contribution in [0.25, 0.3) is 6.08 Å². The molecule has 0 aliphatic carbocycles. The summed E-state index contributed by atoms with van der Waals surface area (Å²) in [7, 11) is 0. The highest BCUT2D eigenvalue weighted by molar-refractivity contribution is 9.10. The molecular formula is C20H21BrClNO. The Morgan fingerprint density at radius 3 is 2.38 bits per heavy atom. The Morgan fingerprint density at radius 1 is 1.12 bits per heavy atom. The Morgan fingerprint density at radius 2 is 1.75 bits per heavy atom. The first-order chi connectivity index (χ1) is 11.3. The van der Waals surface area contributed by atoms with Crippen molar-refractivity contribution in [2.45, 2.75) is 20.3 Å². The van der Waals surface area contributed by atoms with E-state index in [4.69, 9.17) is 11.6 Å². The molecule has 0 spiro atoms. The van der Waals surface area contributed by atoms with E-state index in [1.807, 2.05) is 24.3 Å². The van der Waals surface area contributed by atoms with E-state index in [9.17, 15) is 4.79 Å². The van der Waals surface area contributed by atoms with Crippen LogP contribution in [-0.2, 0) is 11.2 Å². The number of rotatable bonds is 6. The zero-order valence-corrected chi connectivity index (χ0v) is 16.2. The molecule has 2 aromatic rings. The maximum absolute atomic E-state index is 12.0. The Bertz CT molecular complexity index is 705.